The molecule has 1 N–H and O–H groups in total. The van der Waals surface area contributed by atoms with Crippen molar-refractivity contribution < 1.29 is 18.8 Å². The minimum atomic E-state index is -0.507. The lowest BCUT2D eigenvalue weighted by Crippen LogP contribution is -2.26. The topological polar surface area (TPSA) is 50.8 Å². The van der Waals surface area contributed by atoms with Gasteiger partial charge in [0.2, 0.25) is 0 Å². The van der Waals surface area contributed by atoms with E-state index in [0.29, 0.717) is 24.4 Å². The van der Waals surface area contributed by atoms with Crippen LogP contribution < -0.4 is 5.32 Å². The number of carbonyl (C=O) groups excluding carboxylic acids is 1. The van der Waals surface area contributed by atoms with E-state index in [0.717, 1.165) is 0 Å². The first-order valence-corrected chi connectivity index (χ1v) is 7.26. The van der Waals surface area contributed by atoms with Crippen LogP contribution in [0.5, 0.6) is 0 Å². The van der Waals surface area contributed by atoms with Gasteiger partial charge in [-0.3, -0.25) is 4.84 Å². The molecule has 0 aliphatic heterocycles. The number of hydrogen-bond acceptors (Lipinski definition) is 5. The van der Waals surface area contributed by atoms with E-state index in [2.05, 4.69) is 5.32 Å². The molecule has 0 bridgehead atoms. The quantitative estimate of drug-likeness (QED) is 0.450. The second-order valence-electron chi connectivity index (χ2n) is 4.32. The highest BCUT2D eigenvalue weighted by molar-refractivity contribution is 6.31. The number of rotatable bonds is 8. The minimum Gasteiger partial charge on any atom is -0.466 e. The number of anilines is 1. The molecule has 0 saturated heterocycles. The fourth-order valence-corrected chi connectivity index (χ4v) is 1.79. The monoisotopic (exact) mass is 330 g/mol. The number of nitrogens with one attached hydrogen (secondary N) is 1. The molecule has 0 saturated carbocycles. The molecule has 0 fully saturated rings. The first kappa shape index (κ1) is 18.4. The van der Waals surface area contributed by atoms with Crippen molar-refractivity contribution in [3.8, 4) is 0 Å². The summed E-state index contributed by atoms with van der Waals surface area (Å²) in [4.78, 5) is 17.2. The van der Waals surface area contributed by atoms with Crippen molar-refractivity contribution in [2.24, 2.45) is 0 Å². The SMILES string of the molecule is CCN(CC)OC/C(=C\Nc1ccc(F)c(Cl)c1)C(=O)OC. The fourth-order valence-electron chi connectivity index (χ4n) is 1.61. The molecule has 0 heterocycles. The summed E-state index contributed by atoms with van der Waals surface area (Å²) in [5.74, 6) is -1.01. The minimum absolute atomic E-state index is 0.00240. The molecule has 1 aromatic rings. The molecule has 0 unspecified atom stereocenters. The largest absolute Gasteiger partial charge is 0.466 e. The Hall–Kier alpha value is -1.63. The van der Waals surface area contributed by atoms with Crippen LogP contribution in [0.15, 0.2) is 30.0 Å². The average molecular weight is 331 g/mol. The highest BCUT2D eigenvalue weighted by Crippen LogP contribution is 2.19. The van der Waals surface area contributed by atoms with Crippen LogP contribution in [0.3, 0.4) is 0 Å². The van der Waals surface area contributed by atoms with Gasteiger partial charge >= 0.3 is 5.97 Å². The highest BCUT2D eigenvalue weighted by atomic mass is 35.5. The molecule has 1 aromatic carbocycles. The van der Waals surface area contributed by atoms with E-state index in [4.69, 9.17) is 21.2 Å². The van der Waals surface area contributed by atoms with Gasteiger partial charge in [-0.05, 0) is 18.2 Å². The summed E-state index contributed by atoms with van der Waals surface area (Å²) in [7, 11) is 1.29. The van der Waals surface area contributed by atoms with Gasteiger partial charge in [0, 0.05) is 25.0 Å². The Morgan fingerprint density at radius 2 is 2.09 bits per heavy atom. The second-order valence-corrected chi connectivity index (χ2v) is 4.73. The van der Waals surface area contributed by atoms with Crippen LogP contribution in [0.25, 0.3) is 0 Å². The molecule has 22 heavy (non-hydrogen) atoms. The molecule has 0 aliphatic carbocycles. The Kier molecular flexibility index (Phi) is 7.87. The van der Waals surface area contributed by atoms with E-state index in [1.54, 1.807) is 5.06 Å². The highest BCUT2D eigenvalue weighted by Gasteiger charge is 2.12. The van der Waals surface area contributed by atoms with E-state index < -0.39 is 11.8 Å². The van der Waals surface area contributed by atoms with Gasteiger partial charge in [0.1, 0.15) is 12.4 Å². The number of benzene rings is 1. The number of carbonyl (C=O) groups is 1. The van der Waals surface area contributed by atoms with Gasteiger partial charge in [0.05, 0.1) is 17.7 Å². The lowest BCUT2D eigenvalue weighted by molar-refractivity contribution is -0.153. The molecule has 0 spiro atoms. The predicted molar refractivity (Wildman–Crippen MR) is 84.0 cm³/mol. The lowest BCUT2D eigenvalue weighted by Gasteiger charge is -2.18. The van der Waals surface area contributed by atoms with Crippen LogP contribution in [0.2, 0.25) is 5.02 Å². The summed E-state index contributed by atoms with van der Waals surface area (Å²) in [6.45, 7) is 5.36. The van der Waals surface area contributed by atoms with Crippen molar-refractivity contribution in [1.82, 2.24) is 5.06 Å². The van der Waals surface area contributed by atoms with E-state index in [-0.39, 0.29) is 11.6 Å². The van der Waals surface area contributed by atoms with E-state index in [1.807, 2.05) is 13.8 Å². The van der Waals surface area contributed by atoms with Crippen molar-refractivity contribution >= 4 is 23.3 Å². The summed E-state index contributed by atoms with van der Waals surface area (Å²) in [6.07, 6.45) is 1.46. The maximum absolute atomic E-state index is 13.1. The second kappa shape index (κ2) is 9.40. The molecule has 1 rings (SSSR count). The molecule has 5 nitrogen and oxygen atoms in total. The van der Waals surface area contributed by atoms with Gasteiger partial charge in [-0.15, -0.1) is 0 Å². The van der Waals surface area contributed by atoms with Crippen molar-refractivity contribution in [2.75, 3.05) is 32.1 Å². The van der Waals surface area contributed by atoms with Crippen LogP contribution in [0.4, 0.5) is 10.1 Å². The molecular formula is C15H20ClFN2O3. The number of ether oxygens (including phenoxy) is 1. The van der Waals surface area contributed by atoms with Crippen LogP contribution >= 0.6 is 11.6 Å². The Balaban J connectivity index is 2.77. The molecule has 0 aromatic heterocycles. The van der Waals surface area contributed by atoms with Crippen LogP contribution in [0, 0.1) is 5.82 Å². The maximum Gasteiger partial charge on any atom is 0.337 e. The fraction of sp³-hybridized carbons (Fsp3) is 0.400. The zero-order valence-corrected chi connectivity index (χ0v) is 13.6. The molecule has 0 aliphatic rings. The zero-order chi connectivity index (χ0) is 16.5. The summed E-state index contributed by atoms with van der Waals surface area (Å²) < 4.78 is 17.8. The lowest BCUT2D eigenvalue weighted by atomic mass is 10.3. The van der Waals surface area contributed by atoms with Gasteiger partial charge < -0.3 is 10.1 Å². The van der Waals surface area contributed by atoms with Gasteiger partial charge in [0.15, 0.2) is 0 Å². The third-order valence-corrected chi connectivity index (χ3v) is 3.18. The Labute approximate surface area is 134 Å². The number of esters is 1. The molecule has 7 heteroatoms. The standard InChI is InChI=1S/C15H20ClFN2O3/c1-4-19(5-2)22-10-11(15(20)21-3)9-18-12-6-7-14(17)13(16)8-12/h6-9,18H,4-5,10H2,1-3H3/b11-9+. The average Bonchev–Trinajstić information content (AvgIpc) is 2.53. The number of hydroxylamine groups is 2. The summed E-state index contributed by atoms with van der Waals surface area (Å²) in [5, 5.41) is 4.59. The molecule has 0 atom stereocenters. The maximum atomic E-state index is 13.1. The molecular weight excluding hydrogens is 311 g/mol. The summed E-state index contributed by atoms with van der Waals surface area (Å²) in [6, 6.07) is 4.17. The smallest absolute Gasteiger partial charge is 0.337 e. The first-order chi connectivity index (χ1) is 10.5. The van der Waals surface area contributed by atoms with Crippen molar-refractivity contribution in [3.05, 3.63) is 40.8 Å². The van der Waals surface area contributed by atoms with Crippen molar-refractivity contribution in [1.29, 1.82) is 0 Å². The van der Waals surface area contributed by atoms with E-state index in [9.17, 15) is 9.18 Å². The van der Waals surface area contributed by atoms with Gasteiger partial charge in [-0.25, -0.2) is 9.18 Å². The third-order valence-electron chi connectivity index (χ3n) is 2.89. The van der Waals surface area contributed by atoms with Crippen molar-refractivity contribution in [2.45, 2.75) is 13.8 Å². The normalized spacial score (nSPS) is 11.6. The summed E-state index contributed by atoms with van der Waals surface area (Å²) >= 11 is 5.70. The number of nitrogens with zero attached hydrogens (tertiary/aromatic N) is 1. The Morgan fingerprint density at radius 1 is 1.41 bits per heavy atom. The summed E-state index contributed by atoms with van der Waals surface area (Å²) in [5.41, 5.74) is 0.852. The zero-order valence-electron chi connectivity index (χ0n) is 12.9. The van der Waals surface area contributed by atoms with Crippen LogP contribution in [0.1, 0.15) is 13.8 Å². The van der Waals surface area contributed by atoms with Crippen LogP contribution in [-0.2, 0) is 14.4 Å². The van der Waals surface area contributed by atoms with Gasteiger partial charge in [-0.1, -0.05) is 25.4 Å². The molecule has 0 amide bonds. The van der Waals surface area contributed by atoms with Crippen LogP contribution in [-0.4, -0.2) is 37.8 Å². The Morgan fingerprint density at radius 3 is 2.64 bits per heavy atom. The van der Waals surface area contributed by atoms with E-state index in [1.165, 1.54) is 31.5 Å². The van der Waals surface area contributed by atoms with Crippen molar-refractivity contribution in [3.63, 3.8) is 0 Å². The number of methoxy groups -OCH3 is 1. The first-order valence-electron chi connectivity index (χ1n) is 6.88. The van der Waals surface area contributed by atoms with Gasteiger partial charge in [0.25, 0.3) is 0 Å². The number of hydrogen-bond donors (Lipinski definition) is 1. The van der Waals surface area contributed by atoms with E-state index >= 15 is 0 Å². The molecule has 0 radical (unpaired) electrons. The number of halogens is 2. The van der Waals surface area contributed by atoms with Gasteiger partial charge in [-0.2, -0.15) is 5.06 Å². The Bertz CT molecular complexity index is 534. The molecule has 122 valence electrons. The third kappa shape index (κ3) is 5.63. The predicted octanol–water partition coefficient (Wildman–Crippen LogP) is 3.22.